The first-order valence-electron chi connectivity index (χ1n) is 6.56. The van der Waals surface area contributed by atoms with Gasteiger partial charge in [0, 0.05) is 11.3 Å². The predicted molar refractivity (Wildman–Crippen MR) is 80.4 cm³/mol. The number of hydrogen-bond acceptors (Lipinski definition) is 4. The summed E-state index contributed by atoms with van der Waals surface area (Å²) in [5.74, 6) is 0.474. The van der Waals surface area contributed by atoms with E-state index in [1.165, 1.54) is 0 Å². The molecule has 0 aliphatic rings. The maximum absolute atomic E-state index is 11.8. The Bertz CT molecular complexity index is 661. The maximum Gasteiger partial charge on any atom is 0.261 e. The molecule has 0 saturated carbocycles. The molecule has 0 aliphatic carbocycles. The smallest absolute Gasteiger partial charge is 0.261 e. The highest BCUT2D eigenvalue weighted by Gasteiger charge is 2.06. The fourth-order valence-corrected chi connectivity index (χ4v) is 1.95. The van der Waals surface area contributed by atoms with E-state index in [1.807, 2.05) is 44.2 Å². The lowest BCUT2D eigenvalue weighted by Crippen LogP contribution is -2.24. The zero-order valence-corrected chi connectivity index (χ0v) is 12.3. The zero-order valence-electron chi connectivity index (χ0n) is 12.3. The number of nitrogens with zero attached hydrogens (tertiary/aromatic N) is 3. The van der Waals surface area contributed by atoms with Gasteiger partial charge < -0.3 is 4.74 Å². The Morgan fingerprint density at radius 2 is 2.19 bits per heavy atom. The van der Waals surface area contributed by atoms with Gasteiger partial charge in [-0.3, -0.25) is 9.48 Å². The monoisotopic (exact) mass is 286 g/mol. The molecule has 1 aromatic heterocycles. The van der Waals surface area contributed by atoms with E-state index < -0.39 is 0 Å². The van der Waals surface area contributed by atoms with E-state index in [-0.39, 0.29) is 12.5 Å². The number of rotatable bonds is 5. The first-order chi connectivity index (χ1) is 10.1. The van der Waals surface area contributed by atoms with E-state index in [0.29, 0.717) is 5.75 Å². The van der Waals surface area contributed by atoms with Gasteiger partial charge in [0.25, 0.3) is 5.91 Å². The number of aryl methyl sites for hydroxylation is 2. The molecule has 0 saturated heterocycles. The molecule has 0 spiro atoms. The van der Waals surface area contributed by atoms with Crippen LogP contribution in [0.3, 0.4) is 0 Å². The minimum absolute atomic E-state index is 0.142. The molecule has 0 aliphatic heterocycles. The number of aromatic nitrogens is 2. The van der Waals surface area contributed by atoms with E-state index in [0.717, 1.165) is 17.0 Å². The van der Waals surface area contributed by atoms with Crippen molar-refractivity contribution in [3.8, 4) is 5.75 Å². The van der Waals surface area contributed by atoms with Gasteiger partial charge in [-0.25, -0.2) is 5.43 Å². The normalized spacial score (nSPS) is 10.8. The number of nitrogens with one attached hydrogen (secondary N) is 1. The number of hydrogen-bond donors (Lipinski definition) is 1. The van der Waals surface area contributed by atoms with Gasteiger partial charge in [-0.05, 0) is 32.0 Å². The highest BCUT2D eigenvalue weighted by Crippen LogP contribution is 2.14. The van der Waals surface area contributed by atoms with Crippen LogP contribution in [0.15, 0.2) is 35.4 Å². The summed E-state index contributed by atoms with van der Waals surface area (Å²) in [6, 6.07) is 9.36. The summed E-state index contributed by atoms with van der Waals surface area (Å²) in [5, 5.41) is 8.16. The number of carbonyl (C=O) groups excluding carboxylic acids is 1. The van der Waals surface area contributed by atoms with Crippen molar-refractivity contribution in [3.63, 3.8) is 0 Å². The lowest BCUT2D eigenvalue weighted by Gasteiger charge is -2.04. The van der Waals surface area contributed by atoms with E-state index >= 15 is 0 Å². The van der Waals surface area contributed by atoms with Gasteiger partial charge in [0.15, 0.2) is 0 Å². The molecule has 21 heavy (non-hydrogen) atoms. The summed E-state index contributed by atoms with van der Waals surface area (Å²) < 4.78 is 6.84. The summed E-state index contributed by atoms with van der Waals surface area (Å²) in [4.78, 5) is 11.8. The Balaban J connectivity index is 1.95. The van der Waals surface area contributed by atoms with Crippen LogP contribution in [0.25, 0.3) is 0 Å². The molecule has 0 bridgehead atoms. The minimum Gasteiger partial charge on any atom is -0.496 e. The first kappa shape index (κ1) is 14.8. The third kappa shape index (κ3) is 3.92. The molecular formula is C15H18N4O2. The molecule has 2 rings (SSSR count). The third-order valence-electron chi connectivity index (χ3n) is 2.93. The van der Waals surface area contributed by atoms with E-state index in [4.69, 9.17) is 4.74 Å². The van der Waals surface area contributed by atoms with Crippen LogP contribution < -0.4 is 10.2 Å². The molecule has 6 heteroatoms. The molecule has 1 amide bonds. The standard InChI is InChI=1S/C15H18N4O2/c1-11-8-12(2)19(18-11)10-15(20)17-16-9-13-6-4-5-7-14(13)21-3/h4-9H,10H2,1-3H3,(H,17,20)/b16-9-. The van der Waals surface area contributed by atoms with Crippen LogP contribution in [-0.4, -0.2) is 29.0 Å². The second-order valence-corrected chi connectivity index (χ2v) is 4.62. The lowest BCUT2D eigenvalue weighted by molar-refractivity contribution is -0.121. The number of ether oxygens (including phenoxy) is 1. The average Bonchev–Trinajstić information content (AvgIpc) is 2.77. The summed E-state index contributed by atoms with van der Waals surface area (Å²) >= 11 is 0. The summed E-state index contributed by atoms with van der Waals surface area (Å²) in [6.07, 6.45) is 1.55. The number of methoxy groups -OCH3 is 1. The number of carbonyl (C=O) groups is 1. The molecule has 110 valence electrons. The molecule has 2 aromatic rings. The van der Waals surface area contributed by atoms with Crippen molar-refractivity contribution in [1.82, 2.24) is 15.2 Å². The van der Waals surface area contributed by atoms with Gasteiger partial charge in [-0.15, -0.1) is 0 Å². The average molecular weight is 286 g/mol. The number of hydrazone groups is 1. The molecule has 0 fully saturated rings. The van der Waals surface area contributed by atoms with Crippen LogP contribution in [0.5, 0.6) is 5.75 Å². The molecule has 1 aromatic carbocycles. The Kier molecular flexibility index (Phi) is 4.71. The van der Waals surface area contributed by atoms with Gasteiger partial charge >= 0.3 is 0 Å². The number of para-hydroxylation sites is 1. The van der Waals surface area contributed by atoms with Crippen molar-refractivity contribution < 1.29 is 9.53 Å². The summed E-state index contributed by atoms with van der Waals surface area (Å²) in [5.41, 5.74) is 5.11. The van der Waals surface area contributed by atoms with E-state index in [2.05, 4.69) is 15.6 Å². The van der Waals surface area contributed by atoms with E-state index in [1.54, 1.807) is 18.0 Å². The topological polar surface area (TPSA) is 68.5 Å². The van der Waals surface area contributed by atoms with Gasteiger partial charge in [0.1, 0.15) is 12.3 Å². The van der Waals surface area contributed by atoms with Crippen molar-refractivity contribution in [2.45, 2.75) is 20.4 Å². The van der Waals surface area contributed by atoms with Crippen LogP contribution in [0.1, 0.15) is 17.0 Å². The van der Waals surface area contributed by atoms with Crippen molar-refractivity contribution >= 4 is 12.1 Å². The third-order valence-corrected chi connectivity index (χ3v) is 2.93. The fraction of sp³-hybridized carbons (Fsp3) is 0.267. The Labute approximate surface area is 123 Å². The van der Waals surface area contributed by atoms with Crippen molar-refractivity contribution in [2.75, 3.05) is 7.11 Å². The second kappa shape index (κ2) is 6.69. The second-order valence-electron chi connectivity index (χ2n) is 4.62. The summed E-state index contributed by atoms with van der Waals surface area (Å²) in [6.45, 7) is 3.94. The highest BCUT2D eigenvalue weighted by molar-refractivity contribution is 5.85. The molecule has 0 radical (unpaired) electrons. The molecule has 1 heterocycles. The molecule has 6 nitrogen and oxygen atoms in total. The van der Waals surface area contributed by atoms with E-state index in [9.17, 15) is 4.79 Å². The minimum atomic E-state index is -0.229. The Morgan fingerprint density at radius 1 is 1.43 bits per heavy atom. The van der Waals surface area contributed by atoms with Gasteiger partial charge in [-0.2, -0.15) is 10.2 Å². The fourth-order valence-electron chi connectivity index (χ4n) is 1.95. The number of benzene rings is 1. The van der Waals surface area contributed by atoms with Crippen LogP contribution >= 0.6 is 0 Å². The first-order valence-corrected chi connectivity index (χ1v) is 6.56. The van der Waals surface area contributed by atoms with Crippen LogP contribution in [0.2, 0.25) is 0 Å². The van der Waals surface area contributed by atoms with Gasteiger partial charge in [-0.1, -0.05) is 12.1 Å². The maximum atomic E-state index is 11.8. The van der Waals surface area contributed by atoms with Crippen molar-refractivity contribution in [1.29, 1.82) is 0 Å². The lowest BCUT2D eigenvalue weighted by atomic mass is 10.2. The summed E-state index contributed by atoms with van der Waals surface area (Å²) in [7, 11) is 1.59. The molecule has 1 N–H and O–H groups in total. The SMILES string of the molecule is COc1ccccc1/C=N\NC(=O)Cn1nc(C)cc1C. The van der Waals surface area contributed by atoms with Gasteiger partial charge in [0.05, 0.1) is 19.0 Å². The molecular weight excluding hydrogens is 268 g/mol. The molecule has 0 unspecified atom stereocenters. The largest absolute Gasteiger partial charge is 0.496 e. The van der Waals surface area contributed by atoms with Crippen LogP contribution in [-0.2, 0) is 11.3 Å². The van der Waals surface area contributed by atoms with Gasteiger partial charge in [0.2, 0.25) is 0 Å². The van der Waals surface area contributed by atoms with Crippen LogP contribution in [0, 0.1) is 13.8 Å². The quantitative estimate of drug-likeness (QED) is 0.671. The highest BCUT2D eigenvalue weighted by atomic mass is 16.5. The zero-order chi connectivity index (χ0) is 15.2. The predicted octanol–water partition coefficient (Wildman–Crippen LogP) is 1.66. The Hall–Kier alpha value is -2.63. The molecule has 0 atom stereocenters. The van der Waals surface area contributed by atoms with Crippen LogP contribution in [0.4, 0.5) is 0 Å². The van der Waals surface area contributed by atoms with Crippen molar-refractivity contribution in [2.24, 2.45) is 5.10 Å². The number of amides is 1. The Morgan fingerprint density at radius 3 is 2.86 bits per heavy atom. The van der Waals surface area contributed by atoms with Crippen molar-refractivity contribution in [3.05, 3.63) is 47.3 Å².